The molecule has 0 spiro atoms. The summed E-state index contributed by atoms with van der Waals surface area (Å²) in [6.07, 6.45) is 2.97. The first kappa shape index (κ1) is 9.82. The van der Waals surface area contributed by atoms with Gasteiger partial charge in [-0.3, -0.25) is 0 Å². The van der Waals surface area contributed by atoms with Crippen LogP contribution < -0.4 is 0 Å². The van der Waals surface area contributed by atoms with Crippen molar-refractivity contribution >= 4 is 0 Å². The van der Waals surface area contributed by atoms with Gasteiger partial charge < -0.3 is 10.2 Å². The predicted molar refractivity (Wildman–Crippen MR) is 52.6 cm³/mol. The van der Waals surface area contributed by atoms with Crippen molar-refractivity contribution < 1.29 is 10.2 Å². The molecule has 78 valence electrons. The first-order valence-electron chi connectivity index (χ1n) is 4.53. The van der Waals surface area contributed by atoms with Gasteiger partial charge >= 0.3 is 0 Å². The van der Waals surface area contributed by atoms with Crippen molar-refractivity contribution in [3.05, 3.63) is 48.3 Å². The normalized spacial score (nSPS) is 11.6. The molecule has 0 saturated heterocycles. The van der Waals surface area contributed by atoms with Crippen LogP contribution in [0.3, 0.4) is 0 Å². The second-order valence-electron chi connectivity index (χ2n) is 3.24. The SMILES string of the molecule is OC(O)(Cn1nccn1)c1ccccc1. The Bertz CT molecular complexity index is 411. The van der Waals surface area contributed by atoms with E-state index in [4.69, 9.17) is 0 Å². The summed E-state index contributed by atoms with van der Waals surface area (Å²) < 4.78 is 0. The average Bonchev–Trinajstić information content (AvgIpc) is 2.71. The summed E-state index contributed by atoms with van der Waals surface area (Å²) in [5, 5.41) is 27.2. The highest BCUT2D eigenvalue weighted by Gasteiger charge is 2.26. The molecular weight excluding hydrogens is 194 g/mol. The lowest BCUT2D eigenvalue weighted by molar-refractivity contribution is -0.183. The minimum atomic E-state index is -1.94. The molecule has 1 aromatic carbocycles. The summed E-state index contributed by atoms with van der Waals surface area (Å²) >= 11 is 0. The summed E-state index contributed by atoms with van der Waals surface area (Å²) in [6.45, 7) is -0.0932. The molecule has 5 heteroatoms. The van der Waals surface area contributed by atoms with Crippen molar-refractivity contribution in [2.45, 2.75) is 12.3 Å². The van der Waals surface area contributed by atoms with Gasteiger partial charge in [-0.15, -0.1) is 0 Å². The Morgan fingerprint density at radius 3 is 2.27 bits per heavy atom. The predicted octanol–water partition coefficient (Wildman–Crippen LogP) is 0.116. The van der Waals surface area contributed by atoms with Crippen molar-refractivity contribution in [1.82, 2.24) is 15.0 Å². The molecule has 0 amide bonds. The van der Waals surface area contributed by atoms with E-state index in [9.17, 15) is 10.2 Å². The summed E-state index contributed by atoms with van der Waals surface area (Å²) in [6, 6.07) is 8.58. The maximum absolute atomic E-state index is 9.81. The van der Waals surface area contributed by atoms with E-state index in [1.54, 1.807) is 24.3 Å². The standard InChI is InChI=1S/C10H11N3O2/c14-10(15,8-13-11-6-7-12-13)9-4-2-1-3-5-9/h1-7,14-15H,8H2. The molecule has 0 fully saturated rings. The van der Waals surface area contributed by atoms with Crippen LogP contribution in [-0.2, 0) is 12.3 Å². The third kappa shape index (κ3) is 2.20. The molecule has 15 heavy (non-hydrogen) atoms. The van der Waals surface area contributed by atoms with Gasteiger partial charge in [-0.05, 0) is 0 Å². The molecule has 0 saturated carbocycles. The fourth-order valence-corrected chi connectivity index (χ4v) is 1.32. The summed E-state index contributed by atoms with van der Waals surface area (Å²) in [5.41, 5.74) is 0.419. The number of aliphatic hydroxyl groups is 2. The molecule has 0 atom stereocenters. The van der Waals surface area contributed by atoms with Crippen molar-refractivity contribution in [2.24, 2.45) is 0 Å². The maximum atomic E-state index is 9.81. The third-order valence-electron chi connectivity index (χ3n) is 2.06. The van der Waals surface area contributed by atoms with Crippen LogP contribution in [0.5, 0.6) is 0 Å². The third-order valence-corrected chi connectivity index (χ3v) is 2.06. The summed E-state index contributed by atoms with van der Waals surface area (Å²) in [4.78, 5) is 1.23. The van der Waals surface area contributed by atoms with Crippen LogP contribution in [0.4, 0.5) is 0 Å². The van der Waals surface area contributed by atoms with Gasteiger partial charge in [0.2, 0.25) is 5.79 Å². The van der Waals surface area contributed by atoms with Crippen LogP contribution in [0.2, 0.25) is 0 Å². The Morgan fingerprint density at radius 2 is 1.67 bits per heavy atom. The quantitative estimate of drug-likeness (QED) is 0.698. The number of aromatic nitrogens is 3. The lowest BCUT2D eigenvalue weighted by Crippen LogP contribution is -2.31. The molecule has 0 aliphatic rings. The van der Waals surface area contributed by atoms with Gasteiger partial charge in [0.05, 0.1) is 12.4 Å². The Morgan fingerprint density at radius 1 is 1.07 bits per heavy atom. The first-order valence-corrected chi connectivity index (χ1v) is 4.53. The highest BCUT2D eigenvalue weighted by Crippen LogP contribution is 2.18. The molecular formula is C10H11N3O2. The van der Waals surface area contributed by atoms with E-state index in [1.165, 1.54) is 17.2 Å². The van der Waals surface area contributed by atoms with Crippen LogP contribution in [0.1, 0.15) is 5.56 Å². The van der Waals surface area contributed by atoms with Crippen LogP contribution in [-0.4, -0.2) is 25.2 Å². The number of hydrogen-bond donors (Lipinski definition) is 2. The highest BCUT2D eigenvalue weighted by atomic mass is 16.5. The van der Waals surface area contributed by atoms with Gasteiger partial charge in [0.15, 0.2) is 0 Å². The molecule has 0 aliphatic heterocycles. The number of benzene rings is 1. The maximum Gasteiger partial charge on any atom is 0.212 e. The highest BCUT2D eigenvalue weighted by molar-refractivity contribution is 5.19. The number of nitrogens with zero attached hydrogens (tertiary/aromatic N) is 3. The van der Waals surface area contributed by atoms with E-state index < -0.39 is 5.79 Å². The fourth-order valence-electron chi connectivity index (χ4n) is 1.32. The molecule has 0 radical (unpaired) electrons. The second kappa shape index (κ2) is 3.80. The van der Waals surface area contributed by atoms with E-state index in [0.717, 1.165) is 0 Å². The van der Waals surface area contributed by atoms with Gasteiger partial charge in [0.25, 0.3) is 0 Å². The van der Waals surface area contributed by atoms with Crippen molar-refractivity contribution in [1.29, 1.82) is 0 Å². The molecule has 2 N–H and O–H groups in total. The molecule has 2 rings (SSSR count). The molecule has 0 unspecified atom stereocenters. The molecule has 0 bridgehead atoms. The molecule has 5 nitrogen and oxygen atoms in total. The summed E-state index contributed by atoms with van der Waals surface area (Å²) in [7, 11) is 0. The lowest BCUT2D eigenvalue weighted by atomic mass is 10.1. The van der Waals surface area contributed by atoms with E-state index in [1.807, 2.05) is 6.07 Å². The van der Waals surface area contributed by atoms with Gasteiger partial charge in [-0.1, -0.05) is 30.3 Å². The smallest absolute Gasteiger partial charge is 0.212 e. The Labute approximate surface area is 86.6 Å². The minimum Gasteiger partial charge on any atom is -0.360 e. The van der Waals surface area contributed by atoms with E-state index in [0.29, 0.717) is 5.56 Å². The van der Waals surface area contributed by atoms with Crippen LogP contribution >= 0.6 is 0 Å². The van der Waals surface area contributed by atoms with Gasteiger partial charge in [-0.25, -0.2) is 0 Å². The largest absolute Gasteiger partial charge is 0.360 e. The van der Waals surface area contributed by atoms with Crippen molar-refractivity contribution in [2.75, 3.05) is 0 Å². The van der Waals surface area contributed by atoms with E-state index in [2.05, 4.69) is 10.2 Å². The van der Waals surface area contributed by atoms with Crippen molar-refractivity contribution in [3.8, 4) is 0 Å². The minimum absolute atomic E-state index is 0.0932. The lowest BCUT2D eigenvalue weighted by Gasteiger charge is -2.21. The second-order valence-corrected chi connectivity index (χ2v) is 3.24. The molecule has 1 aromatic heterocycles. The van der Waals surface area contributed by atoms with Crippen LogP contribution in [0.25, 0.3) is 0 Å². The Hall–Kier alpha value is -1.72. The van der Waals surface area contributed by atoms with E-state index >= 15 is 0 Å². The Balaban J connectivity index is 2.20. The topological polar surface area (TPSA) is 71.2 Å². The van der Waals surface area contributed by atoms with Crippen molar-refractivity contribution in [3.63, 3.8) is 0 Å². The van der Waals surface area contributed by atoms with Crippen LogP contribution in [0.15, 0.2) is 42.7 Å². The zero-order valence-corrected chi connectivity index (χ0v) is 7.98. The Kier molecular flexibility index (Phi) is 2.49. The van der Waals surface area contributed by atoms with Crippen LogP contribution in [0, 0.1) is 0 Å². The van der Waals surface area contributed by atoms with Gasteiger partial charge in [0.1, 0.15) is 6.54 Å². The molecule has 2 aromatic rings. The number of rotatable bonds is 3. The van der Waals surface area contributed by atoms with Gasteiger partial charge in [0, 0.05) is 5.56 Å². The first-order chi connectivity index (χ1) is 7.18. The molecule has 1 heterocycles. The zero-order chi connectivity index (χ0) is 10.7. The average molecular weight is 205 g/mol. The monoisotopic (exact) mass is 205 g/mol. The van der Waals surface area contributed by atoms with E-state index in [-0.39, 0.29) is 6.54 Å². The zero-order valence-electron chi connectivity index (χ0n) is 7.98. The number of hydrogen-bond acceptors (Lipinski definition) is 4. The fraction of sp³-hybridized carbons (Fsp3) is 0.200. The molecule has 0 aliphatic carbocycles. The van der Waals surface area contributed by atoms with Gasteiger partial charge in [-0.2, -0.15) is 15.0 Å². The summed E-state index contributed by atoms with van der Waals surface area (Å²) in [5.74, 6) is -1.94.